The molecule has 1 aliphatic heterocycles. The Hall–Kier alpha value is -0.910. The van der Waals surface area contributed by atoms with E-state index in [4.69, 9.17) is 5.11 Å². The number of thioether (sulfide) groups is 1. The van der Waals surface area contributed by atoms with Crippen molar-refractivity contribution in [2.24, 2.45) is 5.92 Å². The van der Waals surface area contributed by atoms with Gasteiger partial charge in [-0.15, -0.1) is 0 Å². The van der Waals surface area contributed by atoms with E-state index in [1.54, 1.807) is 4.90 Å². The zero-order chi connectivity index (χ0) is 13.8. The van der Waals surface area contributed by atoms with Crippen molar-refractivity contribution in [2.45, 2.75) is 43.9 Å². The molecule has 2 amide bonds. The Balaban J connectivity index is 1.65. The van der Waals surface area contributed by atoms with Gasteiger partial charge in [-0.3, -0.25) is 4.79 Å². The molecule has 2 N–H and O–H groups in total. The van der Waals surface area contributed by atoms with Gasteiger partial charge >= 0.3 is 12.0 Å². The minimum absolute atomic E-state index is 0.0196. The number of urea groups is 1. The zero-order valence-corrected chi connectivity index (χ0v) is 12.1. The number of amides is 2. The molecule has 19 heavy (non-hydrogen) atoms. The van der Waals surface area contributed by atoms with Gasteiger partial charge in [-0.1, -0.05) is 6.92 Å². The van der Waals surface area contributed by atoms with E-state index in [1.165, 1.54) is 6.42 Å². The number of nitrogens with one attached hydrogen (secondary N) is 1. The molecule has 2 aliphatic rings. The van der Waals surface area contributed by atoms with E-state index in [0.29, 0.717) is 24.4 Å². The molecule has 6 heteroatoms. The van der Waals surface area contributed by atoms with Crippen molar-refractivity contribution >= 4 is 23.8 Å². The van der Waals surface area contributed by atoms with Crippen molar-refractivity contribution in [1.82, 2.24) is 10.2 Å². The van der Waals surface area contributed by atoms with Gasteiger partial charge in [0.25, 0.3) is 0 Å². The molecule has 108 valence electrons. The molecule has 1 aliphatic carbocycles. The predicted octanol–water partition coefficient (Wildman–Crippen LogP) is 1.78. The van der Waals surface area contributed by atoms with E-state index < -0.39 is 5.97 Å². The lowest BCUT2D eigenvalue weighted by molar-refractivity contribution is -0.139. The highest BCUT2D eigenvalue weighted by Gasteiger charge is 2.34. The summed E-state index contributed by atoms with van der Waals surface area (Å²) in [6, 6.07) is 0.281. The van der Waals surface area contributed by atoms with Crippen molar-refractivity contribution in [3.63, 3.8) is 0 Å². The van der Waals surface area contributed by atoms with Gasteiger partial charge in [-0.25, -0.2) is 4.79 Å². The van der Waals surface area contributed by atoms with Crippen LogP contribution in [0, 0.1) is 5.92 Å². The molecule has 2 atom stereocenters. The lowest BCUT2D eigenvalue weighted by Crippen LogP contribution is -2.55. The maximum absolute atomic E-state index is 11.9. The molecule has 2 rings (SSSR count). The number of hydrogen-bond acceptors (Lipinski definition) is 3. The van der Waals surface area contributed by atoms with Gasteiger partial charge in [0.05, 0.1) is 6.42 Å². The summed E-state index contributed by atoms with van der Waals surface area (Å²) in [5.74, 6) is 0.490. The van der Waals surface area contributed by atoms with E-state index in [-0.39, 0.29) is 18.4 Å². The highest BCUT2D eigenvalue weighted by atomic mass is 32.2. The highest BCUT2D eigenvalue weighted by molar-refractivity contribution is 7.99. The number of rotatable bonds is 5. The fourth-order valence-corrected chi connectivity index (χ4v) is 3.98. The first-order valence-electron chi connectivity index (χ1n) is 6.97. The van der Waals surface area contributed by atoms with Crippen LogP contribution in [0.3, 0.4) is 0 Å². The summed E-state index contributed by atoms with van der Waals surface area (Å²) >= 11 is 1.97. The van der Waals surface area contributed by atoms with Gasteiger partial charge in [-0.05, 0) is 25.0 Å². The molecule has 0 bridgehead atoms. The third kappa shape index (κ3) is 4.03. The largest absolute Gasteiger partial charge is 0.481 e. The second kappa shape index (κ2) is 6.50. The fourth-order valence-electron chi connectivity index (χ4n) is 2.84. The summed E-state index contributed by atoms with van der Waals surface area (Å²) in [4.78, 5) is 24.2. The van der Waals surface area contributed by atoms with E-state index >= 15 is 0 Å². The summed E-state index contributed by atoms with van der Waals surface area (Å²) in [6.07, 6.45) is 3.49. The molecule has 1 heterocycles. The molecule has 0 aromatic heterocycles. The summed E-state index contributed by atoms with van der Waals surface area (Å²) in [7, 11) is 0. The Kier molecular flexibility index (Phi) is 4.96. The van der Waals surface area contributed by atoms with Crippen LogP contribution >= 0.6 is 11.8 Å². The van der Waals surface area contributed by atoms with Crippen LogP contribution in [0.5, 0.6) is 0 Å². The number of hydrogen-bond donors (Lipinski definition) is 2. The SMILES string of the molecule is CCSC1CCC(NC(=O)N2CC(CC(=O)O)C2)C1. The number of likely N-dealkylation sites (tertiary alicyclic amines) is 1. The van der Waals surface area contributed by atoms with Gasteiger partial charge in [0.2, 0.25) is 0 Å². The first-order chi connectivity index (χ1) is 9.08. The Morgan fingerprint density at radius 1 is 1.37 bits per heavy atom. The fraction of sp³-hybridized carbons (Fsp3) is 0.846. The van der Waals surface area contributed by atoms with Gasteiger partial charge < -0.3 is 15.3 Å². The molecule has 2 unspecified atom stereocenters. The molecule has 0 aromatic rings. The number of aliphatic carboxylic acids is 1. The summed E-state index contributed by atoms with van der Waals surface area (Å²) in [5.41, 5.74) is 0. The summed E-state index contributed by atoms with van der Waals surface area (Å²) in [5, 5.41) is 12.4. The second-order valence-electron chi connectivity index (χ2n) is 5.41. The number of carbonyl (C=O) groups is 2. The Bertz CT molecular complexity index is 345. The van der Waals surface area contributed by atoms with Gasteiger partial charge in [-0.2, -0.15) is 11.8 Å². The third-order valence-corrected chi connectivity index (χ3v) is 5.06. The van der Waals surface area contributed by atoms with Crippen LogP contribution in [-0.4, -0.2) is 52.1 Å². The van der Waals surface area contributed by atoms with Crippen LogP contribution in [0.1, 0.15) is 32.6 Å². The number of carbonyl (C=O) groups excluding carboxylic acids is 1. The average Bonchev–Trinajstić information content (AvgIpc) is 2.70. The van der Waals surface area contributed by atoms with Crippen LogP contribution < -0.4 is 5.32 Å². The van der Waals surface area contributed by atoms with Gasteiger partial charge in [0.15, 0.2) is 0 Å². The monoisotopic (exact) mass is 286 g/mol. The van der Waals surface area contributed by atoms with Gasteiger partial charge in [0, 0.05) is 30.3 Å². The van der Waals surface area contributed by atoms with Crippen LogP contribution in [0.2, 0.25) is 0 Å². The normalized spacial score (nSPS) is 27.1. The number of nitrogens with zero attached hydrogens (tertiary/aromatic N) is 1. The lowest BCUT2D eigenvalue weighted by Gasteiger charge is -2.39. The molecule has 1 saturated heterocycles. The van der Waals surface area contributed by atoms with E-state index in [9.17, 15) is 9.59 Å². The van der Waals surface area contributed by atoms with Crippen LogP contribution in [0.15, 0.2) is 0 Å². The van der Waals surface area contributed by atoms with Crippen molar-refractivity contribution in [3.05, 3.63) is 0 Å². The Morgan fingerprint density at radius 3 is 2.74 bits per heavy atom. The number of carboxylic acids is 1. The standard InChI is InChI=1S/C13H22N2O3S/c1-2-19-11-4-3-10(6-11)14-13(18)15-7-9(8-15)5-12(16)17/h9-11H,2-8H2,1H3,(H,14,18)(H,16,17). The van der Waals surface area contributed by atoms with Crippen LogP contribution in [0.25, 0.3) is 0 Å². The highest BCUT2D eigenvalue weighted by Crippen LogP contribution is 2.30. The van der Waals surface area contributed by atoms with Crippen molar-refractivity contribution in [3.8, 4) is 0 Å². The summed E-state index contributed by atoms with van der Waals surface area (Å²) in [6.45, 7) is 3.33. The van der Waals surface area contributed by atoms with Crippen LogP contribution in [-0.2, 0) is 4.79 Å². The molecular formula is C13H22N2O3S. The quantitative estimate of drug-likeness (QED) is 0.808. The Labute approximate surface area is 118 Å². The zero-order valence-electron chi connectivity index (χ0n) is 11.3. The molecule has 1 saturated carbocycles. The van der Waals surface area contributed by atoms with E-state index in [1.807, 2.05) is 11.8 Å². The minimum atomic E-state index is -0.778. The topological polar surface area (TPSA) is 69.6 Å². The first kappa shape index (κ1) is 14.5. The predicted molar refractivity (Wildman–Crippen MR) is 75.4 cm³/mol. The van der Waals surface area contributed by atoms with E-state index in [0.717, 1.165) is 18.6 Å². The smallest absolute Gasteiger partial charge is 0.317 e. The molecular weight excluding hydrogens is 264 g/mol. The van der Waals surface area contributed by atoms with Crippen molar-refractivity contribution in [2.75, 3.05) is 18.8 Å². The molecule has 5 nitrogen and oxygen atoms in total. The lowest BCUT2D eigenvalue weighted by atomic mass is 9.97. The molecule has 0 spiro atoms. The summed E-state index contributed by atoms with van der Waals surface area (Å²) < 4.78 is 0. The van der Waals surface area contributed by atoms with Crippen molar-refractivity contribution in [1.29, 1.82) is 0 Å². The molecule has 0 radical (unpaired) electrons. The van der Waals surface area contributed by atoms with Crippen molar-refractivity contribution < 1.29 is 14.7 Å². The minimum Gasteiger partial charge on any atom is -0.481 e. The molecule has 2 fully saturated rings. The first-order valence-corrected chi connectivity index (χ1v) is 8.02. The van der Waals surface area contributed by atoms with E-state index in [2.05, 4.69) is 12.2 Å². The Morgan fingerprint density at radius 2 is 2.11 bits per heavy atom. The van der Waals surface area contributed by atoms with Crippen LogP contribution in [0.4, 0.5) is 4.79 Å². The maximum atomic E-state index is 11.9. The number of carboxylic acid groups (broad SMARTS) is 1. The molecule has 0 aromatic carbocycles. The van der Waals surface area contributed by atoms with Gasteiger partial charge in [0.1, 0.15) is 0 Å². The second-order valence-corrected chi connectivity index (χ2v) is 6.98. The average molecular weight is 286 g/mol. The third-order valence-electron chi connectivity index (χ3n) is 3.82. The maximum Gasteiger partial charge on any atom is 0.317 e.